The molecule has 0 aromatic carbocycles. The van der Waals surface area contributed by atoms with Gasteiger partial charge in [-0.1, -0.05) is 19.3 Å². The number of carbonyl (C=O) groups excluding carboxylic acids is 1. The molecule has 23 heavy (non-hydrogen) atoms. The van der Waals surface area contributed by atoms with Crippen molar-refractivity contribution in [3.8, 4) is 5.75 Å². The maximum atomic E-state index is 12.0. The number of ether oxygens (including phenoxy) is 2. The van der Waals surface area contributed by atoms with Gasteiger partial charge in [-0.2, -0.15) is 0 Å². The highest BCUT2D eigenvalue weighted by Gasteiger charge is 2.46. The van der Waals surface area contributed by atoms with Crippen molar-refractivity contribution in [3.05, 3.63) is 24.0 Å². The third kappa shape index (κ3) is 2.52. The topological polar surface area (TPSA) is 60.8 Å². The fourth-order valence-corrected chi connectivity index (χ4v) is 4.31. The van der Waals surface area contributed by atoms with Gasteiger partial charge in [-0.05, 0) is 31.2 Å². The molecule has 1 aromatic heterocycles. The number of nitrogens with zero attached hydrogens (tertiary/aromatic N) is 2. The van der Waals surface area contributed by atoms with Gasteiger partial charge in [0.25, 0.3) is 0 Å². The van der Waals surface area contributed by atoms with Gasteiger partial charge in [0, 0.05) is 17.7 Å². The molecule has 1 saturated carbocycles. The van der Waals surface area contributed by atoms with Crippen LogP contribution in [0.15, 0.2) is 23.5 Å². The molecule has 1 fully saturated rings. The van der Waals surface area contributed by atoms with E-state index in [1.807, 2.05) is 6.07 Å². The van der Waals surface area contributed by atoms with Crippen LogP contribution in [-0.4, -0.2) is 35.9 Å². The summed E-state index contributed by atoms with van der Waals surface area (Å²) in [5.74, 6) is 1.30. The Kier molecular flexibility index (Phi) is 3.79. The summed E-state index contributed by atoms with van der Waals surface area (Å²) in [4.78, 5) is 20.9. The summed E-state index contributed by atoms with van der Waals surface area (Å²) in [6.07, 6.45) is 10.6. The van der Waals surface area contributed by atoms with Crippen LogP contribution in [0.2, 0.25) is 0 Å². The van der Waals surface area contributed by atoms with Crippen LogP contribution in [0.25, 0.3) is 0 Å². The molecule has 2 aliphatic heterocycles. The number of fused-ring (bicyclic) bond motifs is 3. The molecule has 5 heteroatoms. The first-order valence-electron chi connectivity index (χ1n) is 8.54. The van der Waals surface area contributed by atoms with Crippen molar-refractivity contribution in [2.75, 3.05) is 7.11 Å². The van der Waals surface area contributed by atoms with Crippen LogP contribution in [-0.2, 0) is 9.53 Å². The van der Waals surface area contributed by atoms with E-state index in [1.165, 1.54) is 39.2 Å². The zero-order valence-electron chi connectivity index (χ0n) is 13.4. The fraction of sp³-hybridized carbons (Fsp3) is 0.611. The van der Waals surface area contributed by atoms with E-state index in [4.69, 9.17) is 14.5 Å². The average Bonchev–Trinajstić information content (AvgIpc) is 3.06. The van der Waals surface area contributed by atoms with Crippen LogP contribution < -0.4 is 4.74 Å². The predicted octanol–water partition coefficient (Wildman–Crippen LogP) is 2.77. The van der Waals surface area contributed by atoms with Crippen LogP contribution in [0.5, 0.6) is 5.75 Å². The molecule has 3 atom stereocenters. The first-order chi connectivity index (χ1) is 11.3. The summed E-state index contributed by atoms with van der Waals surface area (Å²) in [7, 11) is 1.43. The molecule has 0 N–H and O–H groups in total. The van der Waals surface area contributed by atoms with Gasteiger partial charge in [-0.3, -0.25) is 9.98 Å². The highest BCUT2D eigenvalue weighted by molar-refractivity contribution is 6.08. The first kappa shape index (κ1) is 14.7. The first-order valence-corrected chi connectivity index (χ1v) is 8.54. The van der Waals surface area contributed by atoms with Gasteiger partial charge in [0.05, 0.1) is 19.0 Å². The molecule has 3 heterocycles. The lowest BCUT2D eigenvalue weighted by Gasteiger charge is -2.38. The van der Waals surface area contributed by atoms with Crippen LogP contribution in [0, 0.1) is 11.8 Å². The van der Waals surface area contributed by atoms with E-state index in [9.17, 15) is 4.79 Å². The van der Waals surface area contributed by atoms with Crippen molar-refractivity contribution in [1.29, 1.82) is 0 Å². The molecule has 1 aromatic rings. The van der Waals surface area contributed by atoms with E-state index in [2.05, 4.69) is 4.98 Å². The normalized spacial score (nSPS) is 30.0. The Morgan fingerprint density at radius 1 is 1.30 bits per heavy atom. The lowest BCUT2D eigenvalue weighted by atomic mass is 9.75. The second-order valence-corrected chi connectivity index (χ2v) is 6.75. The van der Waals surface area contributed by atoms with Crippen molar-refractivity contribution in [1.82, 2.24) is 4.98 Å². The van der Waals surface area contributed by atoms with Gasteiger partial charge in [0.2, 0.25) is 0 Å². The number of hydrogen-bond acceptors (Lipinski definition) is 5. The third-order valence-corrected chi connectivity index (χ3v) is 5.43. The molecular formula is C18H22N2O3. The van der Waals surface area contributed by atoms with Crippen LogP contribution >= 0.6 is 0 Å². The summed E-state index contributed by atoms with van der Waals surface area (Å²) in [6.45, 7) is 0. The van der Waals surface area contributed by atoms with Crippen molar-refractivity contribution in [3.63, 3.8) is 0 Å². The van der Waals surface area contributed by atoms with E-state index in [-0.39, 0.29) is 18.0 Å². The van der Waals surface area contributed by atoms with Crippen molar-refractivity contribution < 1.29 is 14.3 Å². The Balaban J connectivity index is 1.70. The van der Waals surface area contributed by atoms with E-state index in [0.29, 0.717) is 12.3 Å². The van der Waals surface area contributed by atoms with E-state index >= 15 is 0 Å². The molecule has 3 aliphatic rings. The quantitative estimate of drug-likeness (QED) is 0.788. The summed E-state index contributed by atoms with van der Waals surface area (Å²) in [6, 6.07) is 1.55. The van der Waals surface area contributed by atoms with Gasteiger partial charge >= 0.3 is 5.97 Å². The van der Waals surface area contributed by atoms with Gasteiger partial charge in [0.1, 0.15) is 17.9 Å². The maximum Gasteiger partial charge on any atom is 0.330 e. The smallest absolute Gasteiger partial charge is 0.330 e. The molecule has 0 spiro atoms. The molecule has 5 nitrogen and oxygen atoms in total. The molecular weight excluding hydrogens is 292 g/mol. The number of hydrogen-bond donors (Lipinski definition) is 0. The van der Waals surface area contributed by atoms with Crippen LogP contribution in [0.3, 0.4) is 0 Å². The molecule has 0 saturated heterocycles. The number of methoxy groups -OCH3 is 1. The number of carbonyl (C=O) groups is 1. The van der Waals surface area contributed by atoms with Crippen molar-refractivity contribution >= 4 is 11.7 Å². The number of rotatable bonds is 2. The van der Waals surface area contributed by atoms with Crippen LogP contribution in [0.4, 0.5) is 0 Å². The SMILES string of the molecule is COC(=O)C1CC2C(=N1)c1ccncc1OC2C1CCCCC1. The molecule has 0 radical (unpaired) electrons. The lowest BCUT2D eigenvalue weighted by Crippen LogP contribution is -2.42. The van der Waals surface area contributed by atoms with Gasteiger partial charge in [0.15, 0.2) is 0 Å². The van der Waals surface area contributed by atoms with E-state index in [0.717, 1.165) is 17.0 Å². The van der Waals surface area contributed by atoms with Crippen molar-refractivity contribution in [2.24, 2.45) is 16.8 Å². The van der Waals surface area contributed by atoms with Gasteiger partial charge in [-0.25, -0.2) is 4.79 Å². The van der Waals surface area contributed by atoms with Gasteiger partial charge < -0.3 is 9.47 Å². The third-order valence-electron chi connectivity index (χ3n) is 5.43. The van der Waals surface area contributed by atoms with Gasteiger partial charge in [-0.15, -0.1) is 0 Å². The maximum absolute atomic E-state index is 12.0. The zero-order valence-corrected chi connectivity index (χ0v) is 13.4. The predicted molar refractivity (Wildman–Crippen MR) is 85.7 cm³/mol. The highest BCUT2D eigenvalue weighted by Crippen LogP contribution is 2.43. The van der Waals surface area contributed by atoms with Crippen molar-refractivity contribution in [2.45, 2.75) is 50.7 Å². The molecule has 0 amide bonds. The number of aromatic nitrogens is 1. The second-order valence-electron chi connectivity index (χ2n) is 6.75. The second kappa shape index (κ2) is 5.95. The molecule has 122 valence electrons. The molecule has 1 aliphatic carbocycles. The fourth-order valence-electron chi connectivity index (χ4n) is 4.31. The Bertz CT molecular complexity index is 637. The average molecular weight is 314 g/mol. The largest absolute Gasteiger partial charge is 0.487 e. The Morgan fingerprint density at radius 2 is 2.13 bits per heavy atom. The lowest BCUT2D eigenvalue weighted by molar-refractivity contribution is -0.142. The minimum absolute atomic E-state index is 0.111. The summed E-state index contributed by atoms with van der Waals surface area (Å²) >= 11 is 0. The van der Waals surface area contributed by atoms with E-state index < -0.39 is 6.04 Å². The van der Waals surface area contributed by atoms with Crippen LogP contribution in [0.1, 0.15) is 44.1 Å². The summed E-state index contributed by atoms with van der Waals surface area (Å²) in [5.41, 5.74) is 2.00. The monoisotopic (exact) mass is 314 g/mol. The molecule has 3 unspecified atom stereocenters. The minimum atomic E-state index is -0.395. The standard InChI is InChI=1S/C18H22N2O3/c1-22-18(21)14-9-13-16(20-14)12-7-8-19-10-15(12)23-17(13)11-5-3-2-4-6-11/h7-8,10-11,13-14,17H,2-6,9H2,1H3. The molecule has 0 bridgehead atoms. The minimum Gasteiger partial charge on any atom is -0.487 e. The highest BCUT2D eigenvalue weighted by atomic mass is 16.5. The Labute approximate surface area is 136 Å². The summed E-state index contributed by atoms with van der Waals surface area (Å²) < 4.78 is 11.3. The Morgan fingerprint density at radius 3 is 2.91 bits per heavy atom. The molecule has 4 rings (SSSR count). The Hall–Kier alpha value is -1.91. The number of esters is 1. The summed E-state index contributed by atoms with van der Waals surface area (Å²) in [5, 5.41) is 0. The van der Waals surface area contributed by atoms with E-state index in [1.54, 1.807) is 12.4 Å². The number of pyridine rings is 1. The number of aliphatic imine (C=N–C) groups is 1. The zero-order chi connectivity index (χ0) is 15.8.